The first-order valence-corrected chi connectivity index (χ1v) is 7.41. The van der Waals surface area contributed by atoms with Crippen molar-refractivity contribution < 1.29 is 4.74 Å². The van der Waals surface area contributed by atoms with E-state index < -0.39 is 5.54 Å². The van der Waals surface area contributed by atoms with Crippen molar-refractivity contribution in [3.05, 3.63) is 35.9 Å². The van der Waals surface area contributed by atoms with E-state index in [4.69, 9.17) is 4.74 Å². The topological polar surface area (TPSA) is 45.0 Å². The molecule has 3 heteroatoms. The van der Waals surface area contributed by atoms with Gasteiger partial charge in [-0.15, -0.1) is 0 Å². The summed E-state index contributed by atoms with van der Waals surface area (Å²) in [6, 6.07) is 12.8. The van der Waals surface area contributed by atoms with Gasteiger partial charge in [0.2, 0.25) is 0 Å². The van der Waals surface area contributed by atoms with Crippen molar-refractivity contribution in [2.45, 2.75) is 51.7 Å². The lowest BCUT2D eigenvalue weighted by molar-refractivity contribution is 0.0465. The molecule has 1 aromatic carbocycles. The zero-order valence-electron chi connectivity index (χ0n) is 12.9. The van der Waals surface area contributed by atoms with Crippen molar-refractivity contribution in [2.24, 2.45) is 0 Å². The van der Waals surface area contributed by atoms with Gasteiger partial charge in [-0.05, 0) is 38.8 Å². The summed E-state index contributed by atoms with van der Waals surface area (Å²) in [6.07, 6.45) is 2.85. The molecule has 3 nitrogen and oxygen atoms in total. The summed E-state index contributed by atoms with van der Waals surface area (Å²) in [6.45, 7) is 7.52. The van der Waals surface area contributed by atoms with Gasteiger partial charge in [0.05, 0.1) is 12.2 Å². The Morgan fingerprint density at radius 1 is 1.35 bits per heavy atom. The lowest BCUT2D eigenvalue weighted by Crippen LogP contribution is -2.43. The van der Waals surface area contributed by atoms with Crippen LogP contribution in [0.15, 0.2) is 30.3 Å². The molecule has 0 aliphatic heterocycles. The highest BCUT2D eigenvalue weighted by Crippen LogP contribution is 2.14. The number of hydrogen-bond donors (Lipinski definition) is 1. The number of rotatable bonds is 9. The van der Waals surface area contributed by atoms with Gasteiger partial charge in [-0.25, -0.2) is 0 Å². The van der Waals surface area contributed by atoms with Gasteiger partial charge in [0.15, 0.2) is 0 Å². The maximum absolute atomic E-state index is 9.22. The van der Waals surface area contributed by atoms with E-state index in [2.05, 4.69) is 35.7 Å². The minimum absolute atomic E-state index is 0.0921. The fraction of sp³-hybridized carbons (Fsp3) is 0.588. The lowest BCUT2D eigenvalue weighted by atomic mass is 9.96. The van der Waals surface area contributed by atoms with Crippen LogP contribution >= 0.6 is 0 Å². The standard InChI is InChI=1S/C17H26N2O/c1-4-19-17(3,14-18)13-15(2)20-12-8-11-16-9-6-5-7-10-16/h5-7,9-10,15,19H,4,8,11-13H2,1-3H3. The van der Waals surface area contributed by atoms with Crippen LogP contribution in [0.3, 0.4) is 0 Å². The number of nitrogens with one attached hydrogen (secondary N) is 1. The molecule has 0 aliphatic carbocycles. The third kappa shape index (κ3) is 6.18. The third-order valence-electron chi connectivity index (χ3n) is 3.36. The summed E-state index contributed by atoms with van der Waals surface area (Å²) in [5.74, 6) is 0. The predicted molar refractivity (Wildman–Crippen MR) is 82.5 cm³/mol. The smallest absolute Gasteiger partial charge is 0.106 e. The SMILES string of the molecule is CCNC(C)(C#N)CC(C)OCCCc1ccccc1. The van der Waals surface area contributed by atoms with Crippen LogP contribution in [0.1, 0.15) is 39.2 Å². The van der Waals surface area contributed by atoms with E-state index in [1.54, 1.807) is 0 Å². The Balaban J connectivity index is 2.23. The Kier molecular flexibility index (Phi) is 7.28. The minimum Gasteiger partial charge on any atom is -0.378 e. The van der Waals surface area contributed by atoms with E-state index in [1.165, 1.54) is 5.56 Å². The van der Waals surface area contributed by atoms with E-state index in [1.807, 2.05) is 26.8 Å². The molecule has 0 fully saturated rings. The van der Waals surface area contributed by atoms with Gasteiger partial charge in [0.25, 0.3) is 0 Å². The average Bonchev–Trinajstić information content (AvgIpc) is 2.45. The number of ether oxygens (including phenoxy) is 1. The molecule has 1 N–H and O–H groups in total. The van der Waals surface area contributed by atoms with Crippen molar-refractivity contribution in [2.75, 3.05) is 13.2 Å². The van der Waals surface area contributed by atoms with Crippen molar-refractivity contribution >= 4 is 0 Å². The van der Waals surface area contributed by atoms with Crippen LogP contribution in [-0.4, -0.2) is 24.8 Å². The Morgan fingerprint density at radius 2 is 2.05 bits per heavy atom. The molecule has 0 amide bonds. The van der Waals surface area contributed by atoms with E-state index >= 15 is 0 Å². The second kappa shape index (κ2) is 8.73. The van der Waals surface area contributed by atoms with Crippen LogP contribution in [0, 0.1) is 11.3 Å². The Morgan fingerprint density at radius 3 is 2.65 bits per heavy atom. The number of nitrogens with zero attached hydrogens (tertiary/aromatic N) is 1. The van der Waals surface area contributed by atoms with Crippen molar-refractivity contribution in [3.8, 4) is 6.07 Å². The average molecular weight is 274 g/mol. The van der Waals surface area contributed by atoms with Crippen LogP contribution in [0.5, 0.6) is 0 Å². The van der Waals surface area contributed by atoms with Crippen LogP contribution < -0.4 is 5.32 Å². The second-order valence-corrected chi connectivity index (χ2v) is 5.45. The van der Waals surface area contributed by atoms with E-state index in [0.29, 0.717) is 6.42 Å². The summed E-state index contributed by atoms with van der Waals surface area (Å²) in [5, 5.41) is 12.4. The molecule has 20 heavy (non-hydrogen) atoms. The molecule has 0 radical (unpaired) electrons. The Bertz CT molecular complexity index is 413. The minimum atomic E-state index is -0.492. The van der Waals surface area contributed by atoms with Gasteiger partial charge < -0.3 is 4.74 Å². The molecule has 0 saturated carbocycles. The molecule has 0 bridgehead atoms. The van der Waals surface area contributed by atoms with E-state index in [9.17, 15) is 5.26 Å². The molecule has 0 spiro atoms. The van der Waals surface area contributed by atoms with Crippen LogP contribution in [-0.2, 0) is 11.2 Å². The first kappa shape index (κ1) is 16.7. The zero-order chi connectivity index (χ0) is 14.8. The Hall–Kier alpha value is -1.37. The van der Waals surface area contributed by atoms with Gasteiger partial charge >= 0.3 is 0 Å². The summed E-state index contributed by atoms with van der Waals surface area (Å²) >= 11 is 0. The third-order valence-corrected chi connectivity index (χ3v) is 3.36. The maximum atomic E-state index is 9.22. The predicted octanol–water partition coefficient (Wildman–Crippen LogP) is 3.31. The fourth-order valence-corrected chi connectivity index (χ4v) is 2.39. The van der Waals surface area contributed by atoms with Gasteiger partial charge in [0, 0.05) is 13.0 Å². The molecule has 2 atom stereocenters. The molecular formula is C17H26N2O. The number of aryl methyl sites for hydroxylation is 1. The maximum Gasteiger partial charge on any atom is 0.106 e. The molecule has 0 aromatic heterocycles. The normalized spacial score (nSPS) is 15.3. The monoisotopic (exact) mass is 274 g/mol. The van der Waals surface area contributed by atoms with Gasteiger partial charge in [-0.3, -0.25) is 5.32 Å². The van der Waals surface area contributed by atoms with Crippen LogP contribution in [0.25, 0.3) is 0 Å². The highest BCUT2D eigenvalue weighted by molar-refractivity contribution is 5.14. The van der Waals surface area contributed by atoms with Crippen LogP contribution in [0.4, 0.5) is 0 Å². The number of hydrogen-bond acceptors (Lipinski definition) is 3. The van der Waals surface area contributed by atoms with E-state index in [0.717, 1.165) is 26.0 Å². The molecule has 2 unspecified atom stereocenters. The lowest BCUT2D eigenvalue weighted by Gasteiger charge is -2.26. The molecule has 1 aromatic rings. The number of nitriles is 1. The molecule has 0 aliphatic rings. The quantitative estimate of drug-likeness (QED) is 0.703. The fourth-order valence-electron chi connectivity index (χ4n) is 2.39. The molecule has 110 valence electrons. The molecular weight excluding hydrogens is 248 g/mol. The molecule has 0 saturated heterocycles. The molecule has 1 rings (SSSR count). The van der Waals surface area contributed by atoms with E-state index in [-0.39, 0.29) is 6.10 Å². The van der Waals surface area contributed by atoms with Crippen molar-refractivity contribution in [3.63, 3.8) is 0 Å². The summed E-state index contributed by atoms with van der Waals surface area (Å²) in [4.78, 5) is 0. The summed E-state index contributed by atoms with van der Waals surface area (Å²) in [5.41, 5.74) is 0.853. The first-order chi connectivity index (χ1) is 9.59. The zero-order valence-corrected chi connectivity index (χ0v) is 12.9. The highest BCUT2D eigenvalue weighted by atomic mass is 16.5. The largest absolute Gasteiger partial charge is 0.378 e. The second-order valence-electron chi connectivity index (χ2n) is 5.45. The van der Waals surface area contributed by atoms with Crippen molar-refractivity contribution in [1.29, 1.82) is 5.26 Å². The number of benzene rings is 1. The summed E-state index contributed by atoms with van der Waals surface area (Å²) in [7, 11) is 0. The van der Waals surface area contributed by atoms with Gasteiger partial charge in [-0.1, -0.05) is 37.3 Å². The first-order valence-electron chi connectivity index (χ1n) is 7.41. The van der Waals surface area contributed by atoms with Crippen LogP contribution in [0.2, 0.25) is 0 Å². The van der Waals surface area contributed by atoms with Crippen molar-refractivity contribution in [1.82, 2.24) is 5.32 Å². The summed E-state index contributed by atoms with van der Waals surface area (Å²) < 4.78 is 5.82. The Labute approximate surface area is 123 Å². The van der Waals surface area contributed by atoms with Gasteiger partial charge in [0.1, 0.15) is 5.54 Å². The molecule has 0 heterocycles. The van der Waals surface area contributed by atoms with Gasteiger partial charge in [-0.2, -0.15) is 5.26 Å². The highest BCUT2D eigenvalue weighted by Gasteiger charge is 2.25.